The van der Waals surface area contributed by atoms with E-state index in [4.69, 9.17) is 4.74 Å². The average molecular weight is 303 g/mol. The molecule has 0 bridgehead atoms. The summed E-state index contributed by atoms with van der Waals surface area (Å²) in [7, 11) is 0. The number of anilines is 1. The highest BCUT2D eigenvalue weighted by molar-refractivity contribution is 5.91. The van der Waals surface area contributed by atoms with E-state index in [1.807, 2.05) is 6.07 Å². The minimum Gasteiger partial charge on any atom is -0.491 e. The molecule has 0 heterocycles. The topological polar surface area (TPSA) is 58.6 Å². The molecule has 2 N–H and O–H groups in total. The number of hydrogen-bond acceptors (Lipinski definition) is 3. The fraction of sp³-hybridized carbons (Fsp3) is 0.235. The van der Waals surface area contributed by atoms with Crippen LogP contribution >= 0.6 is 0 Å². The second-order valence-electron chi connectivity index (χ2n) is 4.76. The van der Waals surface area contributed by atoms with Crippen LogP contribution in [0.2, 0.25) is 0 Å². The number of benzene rings is 2. The molecule has 4 nitrogen and oxygen atoms in total. The number of halogens is 1. The first-order valence-electron chi connectivity index (χ1n) is 7.05. The predicted molar refractivity (Wildman–Crippen MR) is 82.2 cm³/mol. The zero-order chi connectivity index (χ0) is 15.9. The Morgan fingerprint density at radius 2 is 2.00 bits per heavy atom. The summed E-state index contributed by atoms with van der Waals surface area (Å²) < 4.78 is 18.8. The number of amides is 1. The highest BCUT2D eigenvalue weighted by atomic mass is 19.1. The number of carbonyl (C=O) groups is 1. The van der Waals surface area contributed by atoms with Gasteiger partial charge in [-0.25, -0.2) is 4.39 Å². The van der Waals surface area contributed by atoms with Crippen LogP contribution in [0.4, 0.5) is 10.1 Å². The fourth-order valence-electron chi connectivity index (χ4n) is 2.03. The van der Waals surface area contributed by atoms with Crippen LogP contribution in [-0.2, 0) is 4.79 Å². The molecule has 22 heavy (non-hydrogen) atoms. The summed E-state index contributed by atoms with van der Waals surface area (Å²) >= 11 is 0. The number of ether oxygens (including phenoxy) is 1. The molecule has 0 aliphatic heterocycles. The third-order valence-electron chi connectivity index (χ3n) is 3.08. The van der Waals surface area contributed by atoms with Crippen molar-refractivity contribution >= 4 is 11.6 Å². The van der Waals surface area contributed by atoms with Crippen molar-refractivity contribution in [2.24, 2.45) is 0 Å². The molecule has 0 radical (unpaired) electrons. The van der Waals surface area contributed by atoms with Crippen LogP contribution in [0.5, 0.6) is 5.75 Å². The molecule has 1 unspecified atom stereocenters. The van der Waals surface area contributed by atoms with E-state index in [2.05, 4.69) is 5.32 Å². The Morgan fingerprint density at radius 3 is 2.64 bits per heavy atom. The second kappa shape index (κ2) is 7.56. The molecule has 116 valence electrons. The van der Waals surface area contributed by atoms with Crippen LogP contribution in [-0.4, -0.2) is 17.6 Å². The number of hydrogen-bond donors (Lipinski definition) is 2. The highest BCUT2D eigenvalue weighted by Crippen LogP contribution is 2.22. The third kappa shape index (κ3) is 4.30. The molecule has 0 aromatic heterocycles. The van der Waals surface area contributed by atoms with E-state index in [1.54, 1.807) is 37.3 Å². The molecule has 2 aromatic rings. The zero-order valence-electron chi connectivity index (χ0n) is 12.3. The summed E-state index contributed by atoms with van der Waals surface area (Å²) in [6.45, 7) is 2.13. The number of aliphatic hydroxyl groups is 1. The van der Waals surface area contributed by atoms with Crippen molar-refractivity contribution in [3.8, 4) is 5.75 Å². The van der Waals surface area contributed by atoms with Crippen molar-refractivity contribution in [1.82, 2.24) is 0 Å². The van der Waals surface area contributed by atoms with Crippen molar-refractivity contribution in [3.05, 3.63) is 59.9 Å². The Morgan fingerprint density at radius 1 is 1.27 bits per heavy atom. The summed E-state index contributed by atoms with van der Waals surface area (Å²) in [5, 5.41) is 12.5. The Bertz CT molecular complexity index is 631. The quantitative estimate of drug-likeness (QED) is 0.861. The molecular formula is C17H18FNO3. The van der Waals surface area contributed by atoms with Crippen molar-refractivity contribution in [2.75, 3.05) is 11.9 Å². The normalized spacial score (nSPS) is 11.8. The Kier molecular flexibility index (Phi) is 5.49. The molecule has 0 spiro atoms. The molecule has 0 fully saturated rings. The SMILES string of the molecule is CCOc1ccc(NC(=O)CC(O)c2ccccc2)cc1F. The van der Waals surface area contributed by atoms with Crippen LogP contribution in [0.25, 0.3) is 0 Å². The molecule has 0 saturated carbocycles. The summed E-state index contributed by atoms with van der Waals surface area (Å²) in [5.74, 6) is -0.784. The van der Waals surface area contributed by atoms with Gasteiger partial charge in [-0.15, -0.1) is 0 Å². The predicted octanol–water partition coefficient (Wildman–Crippen LogP) is 3.29. The van der Waals surface area contributed by atoms with Gasteiger partial charge < -0.3 is 15.2 Å². The Hall–Kier alpha value is -2.40. The lowest BCUT2D eigenvalue weighted by Crippen LogP contribution is -2.15. The van der Waals surface area contributed by atoms with Crippen molar-refractivity contribution in [1.29, 1.82) is 0 Å². The van der Waals surface area contributed by atoms with E-state index >= 15 is 0 Å². The minimum atomic E-state index is -0.895. The van der Waals surface area contributed by atoms with Gasteiger partial charge in [-0.05, 0) is 24.6 Å². The largest absolute Gasteiger partial charge is 0.491 e. The van der Waals surface area contributed by atoms with E-state index in [1.165, 1.54) is 12.1 Å². The van der Waals surface area contributed by atoms with Gasteiger partial charge in [-0.3, -0.25) is 4.79 Å². The van der Waals surface area contributed by atoms with Gasteiger partial charge in [0.15, 0.2) is 11.6 Å². The van der Waals surface area contributed by atoms with Gasteiger partial charge in [-0.2, -0.15) is 0 Å². The maximum absolute atomic E-state index is 13.7. The van der Waals surface area contributed by atoms with Crippen LogP contribution in [0.3, 0.4) is 0 Å². The summed E-state index contributed by atoms with van der Waals surface area (Å²) in [6, 6.07) is 13.1. The van der Waals surface area contributed by atoms with Gasteiger partial charge in [0.2, 0.25) is 5.91 Å². The summed E-state index contributed by atoms with van der Waals surface area (Å²) in [6.07, 6.45) is -0.993. The standard InChI is InChI=1S/C17H18FNO3/c1-2-22-16-9-8-13(10-14(16)18)19-17(21)11-15(20)12-6-4-3-5-7-12/h3-10,15,20H,2,11H2,1H3,(H,19,21). The van der Waals surface area contributed by atoms with E-state index in [-0.39, 0.29) is 18.1 Å². The molecule has 1 atom stereocenters. The first-order chi connectivity index (χ1) is 10.6. The van der Waals surface area contributed by atoms with Crippen molar-refractivity contribution < 1.29 is 19.0 Å². The van der Waals surface area contributed by atoms with Gasteiger partial charge >= 0.3 is 0 Å². The lowest BCUT2D eigenvalue weighted by Gasteiger charge is -2.12. The molecule has 0 saturated heterocycles. The van der Waals surface area contributed by atoms with Gasteiger partial charge in [-0.1, -0.05) is 30.3 Å². The number of aliphatic hydroxyl groups excluding tert-OH is 1. The maximum Gasteiger partial charge on any atom is 0.227 e. The molecule has 0 aliphatic rings. The van der Waals surface area contributed by atoms with E-state index in [0.717, 1.165) is 0 Å². The van der Waals surface area contributed by atoms with Crippen LogP contribution in [0, 0.1) is 5.82 Å². The van der Waals surface area contributed by atoms with Crippen LogP contribution in [0.15, 0.2) is 48.5 Å². The zero-order valence-corrected chi connectivity index (χ0v) is 12.3. The monoisotopic (exact) mass is 303 g/mol. The summed E-state index contributed by atoms with van der Waals surface area (Å²) in [4.78, 5) is 11.9. The lowest BCUT2D eigenvalue weighted by molar-refractivity contribution is -0.118. The first kappa shape index (κ1) is 16.0. The van der Waals surface area contributed by atoms with Crippen molar-refractivity contribution in [3.63, 3.8) is 0 Å². The molecule has 0 aliphatic carbocycles. The first-order valence-corrected chi connectivity index (χ1v) is 7.05. The minimum absolute atomic E-state index is 0.0984. The van der Waals surface area contributed by atoms with Gasteiger partial charge in [0.05, 0.1) is 19.1 Å². The third-order valence-corrected chi connectivity index (χ3v) is 3.08. The van der Waals surface area contributed by atoms with Crippen molar-refractivity contribution in [2.45, 2.75) is 19.4 Å². The molecule has 2 rings (SSSR count). The maximum atomic E-state index is 13.7. The van der Waals surface area contributed by atoms with Gasteiger partial charge in [0.25, 0.3) is 0 Å². The molecule has 2 aromatic carbocycles. The van der Waals surface area contributed by atoms with E-state index < -0.39 is 11.9 Å². The van der Waals surface area contributed by atoms with Crippen LogP contribution in [0.1, 0.15) is 25.0 Å². The molecular weight excluding hydrogens is 285 g/mol. The van der Waals surface area contributed by atoms with Crippen LogP contribution < -0.4 is 10.1 Å². The van der Waals surface area contributed by atoms with Gasteiger partial charge in [0, 0.05) is 11.8 Å². The molecule has 1 amide bonds. The van der Waals surface area contributed by atoms with Gasteiger partial charge in [0.1, 0.15) is 0 Å². The van der Waals surface area contributed by atoms with E-state index in [0.29, 0.717) is 17.9 Å². The number of nitrogens with one attached hydrogen (secondary N) is 1. The Labute approximate surface area is 128 Å². The smallest absolute Gasteiger partial charge is 0.227 e. The highest BCUT2D eigenvalue weighted by Gasteiger charge is 2.13. The fourth-order valence-corrected chi connectivity index (χ4v) is 2.03. The molecule has 5 heteroatoms. The number of carbonyl (C=O) groups excluding carboxylic acids is 1. The van der Waals surface area contributed by atoms with E-state index in [9.17, 15) is 14.3 Å². The Balaban J connectivity index is 1.96. The average Bonchev–Trinajstić information content (AvgIpc) is 2.51. The summed E-state index contributed by atoms with van der Waals surface area (Å²) in [5.41, 5.74) is 0.988. The second-order valence-corrected chi connectivity index (χ2v) is 4.76. The lowest BCUT2D eigenvalue weighted by atomic mass is 10.1. The number of rotatable bonds is 6.